The van der Waals surface area contributed by atoms with Gasteiger partial charge in [-0.1, -0.05) is 0 Å². The van der Waals surface area contributed by atoms with Crippen molar-refractivity contribution in [1.29, 1.82) is 0 Å². The van der Waals surface area contributed by atoms with Crippen molar-refractivity contribution in [2.24, 2.45) is 0 Å². The summed E-state index contributed by atoms with van der Waals surface area (Å²) in [5.74, 6) is -1.61. The summed E-state index contributed by atoms with van der Waals surface area (Å²) in [6, 6.07) is 5.87. The highest BCUT2D eigenvalue weighted by atomic mass is 16.2. The van der Waals surface area contributed by atoms with Gasteiger partial charge in [0.05, 0.1) is 16.8 Å². The zero-order valence-corrected chi connectivity index (χ0v) is 13.7. The molecule has 3 amide bonds. The van der Waals surface area contributed by atoms with Crippen LogP contribution in [-0.4, -0.2) is 28.8 Å². The molecule has 8 heteroatoms. The fourth-order valence-corrected chi connectivity index (χ4v) is 2.84. The highest BCUT2D eigenvalue weighted by molar-refractivity contribution is 6.23. The molecule has 1 aliphatic rings. The number of imide groups is 1. The Bertz CT molecular complexity index is 991. The molecular formula is C17H16N4O4. The van der Waals surface area contributed by atoms with Gasteiger partial charge in [0, 0.05) is 18.2 Å². The molecule has 4 N–H and O–H groups in total. The van der Waals surface area contributed by atoms with Crippen LogP contribution in [-0.2, 0) is 0 Å². The molecule has 0 saturated heterocycles. The van der Waals surface area contributed by atoms with E-state index in [1.807, 2.05) is 6.92 Å². The van der Waals surface area contributed by atoms with E-state index in [1.54, 1.807) is 25.1 Å². The first-order valence-corrected chi connectivity index (χ1v) is 7.65. The van der Waals surface area contributed by atoms with Gasteiger partial charge in [-0.15, -0.1) is 0 Å². The van der Waals surface area contributed by atoms with E-state index >= 15 is 0 Å². The summed E-state index contributed by atoms with van der Waals surface area (Å²) in [5.41, 5.74) is 6.94. The number of carbonyl (C=O) groups is 3. The third-order valence-corrected chi connectivity index (χ3v) is 3.99. The van der Waals surface area contributed by atoms with Crippen LogP contribution >= 0.6 is 0 Å². The molecule has 3 rings (SSSR count). The molecule has 1 aromatic heterocycles. The van der Waals surface area contributed by atoms with Gasteiger partial charge in [-0.05, 0) is 37.6 Å². The predicted octanol–water partition coefficient (Wildman–Crippen LogP) is 0.361. The standard InChI is InChI=1S/C17H16N4O4/c1-3-19-15(23)9-4-5-11(8(2)6-9)21-12(22)7-10-13(14(21)18)17(25)20-16(10)24/h4-7H,3,18H2,1-2H3,(H,19,23)(H,20,24,25). The van der Waals surface area contributed by atoms with Crippen LogP contribution in [0.25, 0.3) is 5.69 Å². The smallest absolute Gasteiger partial charge is 0.262 e. The van der Waals surface area contributed by atoms with E-state index in [-0.39, 0.29) is 22.9 Å². The number of fused-ring (bicyclic) bond motifs is 1. The number of hydrogen-bond acceptors (Lipinski definition) is 5. The first kappa shape index (κ1) is 16.4. The Morgan fingerprint density at radius 1 is 1.20 bits per heavy atom. The summed E-state index contributed by atoms with van der Waals surface area (Å²) in [6.45, 7) is 4.04. The number of pyridine rings is 1. The Kier molecular flexibility index (Phi) is 3.88. The maximum Gasteiger partial charge on any atom is 0.262 e. The van der Waals surface area contributed by atoms with Crippen molar-refractivity contribution in [3.63, 3.8) is 0 Å². The third kappa shape index (κ3) is 2.57. The molecule has 128 valence electrons. The normalized spacial score (nSPS) is 12.7. The highest BCUT2D eigenvalue weighted by Gasteiger charge is 2.32. The summed E-state index contributed by atoms with van der Waals surface area (Å²) >= 11 is 0. The van der Waals surface area contributed by atoms with E-state index in [2.05, 4.69) is 10.6 Å². The largest absolute Gasteiger partial charge is 0.384 e. The third-order valence-electron chi connectivity index (χ3n) is 3.99. The molecule has 8 nitrogen and oxygen atoms in total. The lowest BCUT2D eigenvalue weighted by molar-refractivity contribution is 0.0878. The SMILES string of the molecule is CCNC(=O)c1ccc(-n2c(N)c3c(cc2=O)C(=O)NC3=O)c(C)c1. The zero-order chi connectivity index (χ0) is 18.3. The van der Waals surface area contributed by atoms with Gasteiger partial charge in [-0.25, -0.2) is 0 Å². The monoisotopic (exact) mass is 340 g/mol. The number of benzene rings is 1. The number of hydrogen-bond donors (Lipinski definition) is 3. The van der Waals surface area contributed by atoms with Crippen molar-refractivity contribution in [3.8, 4) is 5.69 Å². The molecule has 0 spiro atoms. The predicted molar refractivity (Wildman–Crippen MR) is 91.0 cm³/mol. The fraction of sp³-hybridized carbons (Fsp3) is 0.176. The summed E-state index contributed by atoms with van der Waals surface area (Å²) < 4.78 is 1.16. The number of nitrogen functional groups attached to an aromatic ring is 1. The Balaban J connectivity index is 2.17. The van der Waals surface area contributed by atoms with Gasteiger partial charge < -0.3 is 11.1 Å². The molecule has 0 radical (unpaired) electrons. The molecule has 2 heterocycles. The molecule has 1 aromatic carbocycles. The minimum Gasteiger partial charge on any atom is -0.384 e. The lowest BCUT2D eigenvalue weighted by Gasteiger charge is -2.15. The van der Waals surface area contributed by atoms with E-state index in [0.29, 0.717) is 23.4 Å². The Morgan fingerprint density at radius 3 is 2.56 bits per heavy atom. The topological polar surface area (TPSA) is 123 Å². The number of aromatic nitrogens is 1. The van der Waals surface area contributed by atoms with Gasteiger partial charge in [-0.3, -0.25) is 29.1 Å². The van der Waals surface area contributed by atoms with Gasteiger partial charge in [0.1, 0.15) is 5.82 Å². The maximum atomic E-state index is 12.4. The minimum atomic E-state index is -0.640. The number of nitrogens with one attached hydrogen (secondary N) is 2. The number of amides is 3. The Labute approximate surface area is 142 Å². The van der Waals surface area contributed by atoms with E-state index in [4.69, 9.17) is 5.73 Å². The first-order chi connectivity index (χ1) is 11.8. The Morgan fingerprint density at radius 2 is 1.92 bits per heavy atom. The molecular weight excluding hydrogens is 324 g/mol. The van der Waals surface area contributed by atoms with Crippen LogP contribution in [0, 0.1) is 6.92 Å². The van der Waals surface area contributed by atoms with Gasteiger partial charge in [-0.2, -0.15) is 0 Å². The molecule has 25 heavy (non-hydrogen) atoms. The number of carbonyl (C=O) groups excluding carboxylic acids is 3. The van der Waals surface area contributed by atoms with Crippen molar-refractivity contribution in [2.45, 2.75) is 13.8 Å². The minimum absolute atomic E-state index is 0.0168. The number of nitrogens with zero attached hydrogens (tertiary/aromatic N) is 1. The fourth-order valence-electron chi connectivity index (χ4n) is 2.84. The van der Waals surface area contributed by atoms with Crippen LogP contribution < -0.4 is 21.9 Å². The highest BCUT2D eigenvalue weighted by Crippen LogP contribution is 2.24. The van der Waals surface area contributed by atoms with Crippen LogP contribution in [0.4, 0.5) is 5.82 Å². The summed E-state index contributed by atoms with van der Waals surface area (Å²) in [5, 5.41) is 4.81. The summed E-state index contributed by atoms with van der Waals surface area (Å²) in [6.07, 6.45) is 0. The van der Waals surface area contributed by atoms with Crippen LogP contribution in [0.15, 0.2) is 29.1 Å². The molecule has 0 fully saturated rings. The molecule has 0 unspecified atom stereocenters. The van der Waals surface area contributed by atoms with Crippen LogP contribution in [0.5, 0.6) is 0 Å². The second kappa shape index (κ2) is 5.90. The molecule has 2 aromatic rings. The molecule has 0 atom stereocenters. The molecule has 0 bridgehead atoms. The number of aryl methyl sites for hydroxylation is 1. The van der Waals surface area contributed by atoms with Gasteiger partial charge >= 0.3 is 0 Å². The zero-order valence-electron chi connectivity index (χ0n) is 13.7. The van der Waals surface area contributed by atoms with Crippen LogP contribution in [0.1, 0.15) is 43.6 Å². The Hall–Kier alpha value is -3.42. The lowest BCUT2D eigenvalue weighted by Crippen LogP contribution is -2.25. The van der Waals surface area contributed by atoms with Gasteiger partial charge in [0.25, 0.3) is 23.3 Å². The summed E-state index contributed by atoms with van der Waals surface area (Å²) in [7, 11) is 0. The van der Waals surface area contributed by atoms with E-state index < -0.39 is 17.4 Å². The lowest BCUT2D eigenvalue weighted by atomic mass is 10.1. The van der Waals surface area contributed by atoms with Crippen LogP contribution in [0.3, 0.4) is 0 Å². The summed E-state index contributed by atoms with van der Waals surface area (Å²) in [4.78, 5) is 48.0. The van der Waals surface area contributed by atoms with Crippen molar-refractivity contribution in [1.82, 2.24) is 15.2 Å². The van der Waals surface area contributed by atoms with E-state index in [0.717, 1.165) is 10.6 Å². The number of rotatable bonds is 3. The quantitative estimate of drug-likeness (QED) is 0.696. The van der Waals surface area contributed by atoms with Crippen molar-refractivity contribution >= 4 is 23.5 Å². The second-order valence-electron chi connectivity index (χ2n) is 5.64. The van der Waals surface area contributed by atoms with Crippen molar-refractivity contribution in [3.05, 3.63) is 56.9 Å². The number of anilines is 1. The maximum absolute atomic E-state index is 12.4. The van der Waals surface area contributed by atoms with Gasteiger partial charge in [0.2, 0.25) is 0 Å². The molecule has 1 aliphatic heterocycles. The van der Waals surface area contributed by atoms with Crippen molar-refractivity contribution in [2.75, 3.05) is 12.3 Å². The van der Waals surface area contributed by atoms with Gasteiger partial charge in [0.15, 0.2) is 0 Å². The van der Waals surface area contributed by atoms with Crippen LogP contribution in [0.2, 0.25) is 0 Å². The average Bonchev–Trinajstić information content (AvgIpc) is 2.83. The van der Waals surface area contributed by atoms with E-state index in [1.165, 1.54) is 0 Å². The van der Waals surface area contributed by atoms with E-state index in [9.17, 15) is 19.2 Å². The molecule has 0 aliphatic carbocycles. The molecule has 0 saturated carbocycles. The number of nitrogens with two attached hydrogens (primary N) is 1. The average molecular weight is 340 g/mol. The second-order valence-corrected chi connectivity index (χ2v) is 5.64. The van der Waals surface area contributed by atoms with Crippen molar-refractivity contribution < 1.29 is 14.4 Å². The first-order valence-electron chi connectivity index (χ1n) is 7.65.